The molecular formula is C26H24FN3O4S. The number of hydrogen-bond donors (Lipinski definition) is 1. The zero-order valence-corrected chi connectivity index (χ0v) is 19.9. The molecule has 0 aliphatic carbocycles. The maximum atomic E-state index is 13.3. The van der Waals surface area contributed by atoms with E-state index in [9.17, 15) is 17.6 Å². The Labute approximate surface area is 202 Å². The lowest BCUT2D eigenvalue weighted by atomic mass is 9.96. The smallest absolute Gasteiger partial charge is 0.261 e. The van der Waals surface area contributed by atoms with Gasteiger partial charge in [-0.1, -0.05) is 18.2 Å². The molecule has 2 heterocycles. The number of piperidine rings is 1. The number of aryl methyl sites for hydroxylation is 1. The fourth-order valence-electron chi connectivity index (χ4n) is 4.30. The number of anilines is 1. The van der Waals surface area contributed by atoms with Crippen LogP contribution in [0.5, 0.6) is 0 Å². The lowest BCUT2D eigenvalue weighted by Gasteiger charge is -2.31. The summed E-state index contributed by atoms with van der Waals surface area (Å²) in [5.74, 6) is 0.141. The summed E-state index contributed by atoms with van der Waals surface area (Å²) in [6.45, 7) is 2.82. The van der Waals surface area contributed by atoms with E-state index in [4.69, 9.17) is 4.42 Å². The second kappa shape index (κ2) is 9.14. The average molecular weight is 494 g/mol. The second-order valence-corrected chi connectivity index (χ2v) is 10.4. The number of aromatic nitrogens is 1. The fourth-order valence-corrected chi connectivity index (χ4v) is 5.38. The molecule has 180 valence electrons. The summed E-state index contributed by atoms with van der Waals surface area (Å²) in [4.78, 5) is 19.6. The Hall–Kier alpha value is -3.72. The number of hydrogen-bond acceptors (Lipinski definition) is 5. The summed E-state index contributed by atoms with van der Waals surface area (Å²) >= 11 is 0. The molecular weight excluding hydrogens is 469 g/mol. The third-order valence-electron chi connectivity index (χ3n) is 6.29. The van der Waals surface area contributed by atoms with Crippen LogP contribution in [0.2, 0.25) is 0 Å². The molecule has 0 atom stereocenters. The van der Waals surface area contributed by atoms with E-state index >= 15 is 0 Å². The molecule has 0 saturated carbocycles. The molecule has 1 aliphatic rings. The van der Waals surface area contributed by atoms with Crippen molar-refractivity contribution in [2.45, 2.75) is 30.6 Å². The molecule has 1 aliphatic heterocycles. The Morgan fingerprint density at radius 1 is 1.06 bits per heavy atom. The number of nitrogens with zero attached hydrogens (tertiary/aromatic N) is 2. The number of oxazole rings is 1. The maximum absolute atomic E-state index is 13.3. The molecule has 35 heavy (non-hydrogen) atoms. The van der Waals surface area contributed by atoms with Gasteiger partial charge in [0.1, 0.15) is 11.3 Å². The highest BCUT2D eigenvalue weighted by atomic mass is 32.2. The first-order chi connectivity index (χ1) is 16.8. The minimum Gasteiger partial charge on any atom is -0.440 e. The number of likely N-dealkylation sites (tertiary alicyclic amines) is 1. The highest BCUT2D eigenvalue weighted by Gasteiger charge is 2.29. The summed E-state index contributed by atoms with van der Waals surface area (Å²) in [5.41, 5.74) is 2.85. The van der Waals surface area contributed by atoms with Crippen molar-refractivity contribution in [3.63, 3.8) is 0 Å². The van der Waals surface area contributed by atoms with Crippen molar-refractivity contribution in [3.05, 3.63) is 89.6 Å². The van der Waals surface area contributed by atoms with Gasteiger partial charge < -0.3 is 9.32 Å². The van der Waals surface area contributed by atoms with Crippen LogP contribution >= 0.6 is 0 Å². The minimum absolute atomic E-state index is 0.0304. The summed E-state index contributed by atoms with van der Waals surface area (Å²) in [7, 11) is -3.95. The molecule has 7 nitrogen and oxygen atoms in total. The van der Waals surface area contributed by atoms with Gasteiger partial charge in [-0.2, -0.15) is 0 Å². The summed E-state index contributed by atoms with van der Waals surface area (Å²) in [5, 5.41) is 0. The predicted molar refractivity (Wildman–Crippen MR) is 130 cm³/mol. The Morgan fingerprint density at radius 2 is 1.77 bits per heavy atom. The van der Waals surface area contributed by atoms with Gasteiger partial charge in [-0.05, 0) is 73.9 Å². The number of halogens is 1. The van der Waals surface area contributed by atoms with Crippen LogP contribution in [0.1, 0.15) is 40.6 Å². The highest BCUT2D eigenvalue weighted by Crippen LogP contribution is 2.31. The van der Waals surface area contributed by atoms with Crippen molar-refractivity contribution in [1.29, 1.82) is 0 Å². The molecule has 1 amide bonds. The van der Waals surface area contributed by atoms with Crippen molar-refractivity contribution in [2.75, 3.05) is 17.8 Å². The van der Waals surface area contributed by atoms with Gasteiger partial charge >= 0.3 is 0 Å². The number of fused-ring (bicyclic) bond motifs is 1. The number of benzene rings is 3. The molecule has 1 saturated heterocycles. The van der Waals surface area contributed by atoms with E-state index in [1.54, 1.807) is 17.9 Å². The van der Waals surface area contributed by atoms with Crippen LogP contribution < -0.4 is 4.72 Å². The molecule has 1 N–H and O–H groups in total. The molecule has 3 aromatic carbocycles. The minimum atomic E-state index is -3.95. The molecule has 0 spiro atoms. The lowest BCUT2D eigenvalue weighted by molar-refractivity contribution is 0.0705. The van der Waals surface area contributed by atoms with Crippen LogP contribution in [0, 0.1) is 12.7 Å². The first kappa shape index (κ1) is 23.0. The normalized spacial score (nSPS) is 14.9. The Balaban J connectivity index is 1.30. The zero-order chi connectivity index (χ0) is 24.6. The van der Waals surface area contributed by atoms with E-state index < -0.39 is 15.8 Å². The predicted octanol–water partition coefficient (Wildman–Crippen LogP) is 5.10. The fraction of sp³-hybridized carbons (Fsp3) is 0.231. The third kappa shape index (κ3) is 4.77. The quantitative estimate of drug-likeness (QED) is 0.418. The summed E-state index contributed by atoms with van der Waals surface area (Å²) < 4.78 is 47.2. The number of nitrogens with one attached hydrogen (secondary N) is 1. The van der Waals surface area contributed by atoms with Crippen LogP contribution in [0.3, 0.4) is 0 Å². The van der Waals surface area contributed by atoms with E-state index in [0.717, 1.165) is 11.1 Å². The average Bonchev–Trinajstić information content (AvgIpc) is 3.30. The molecule has 0 bridgehead atoms. The van der Waals surface area contributed by atoms with Gasteiger partial charge in [0.05, 0.1) is 4.90 Å². The van der Waals surface area contributed by atoms with Crippen LogP contribution in [0.15, 0.2) is 76.0 Å². The van der Waals surface area contributed by atoms with E-state index in [2.05, 4.69) is 9.71 Å². The number of rotatable bonds is 5. The van der Waals surface area contributed by atoms with Gasteiger partial charge in [0.25, 0.3) is 15.9 Å². The number of para-hydroxylation sites is 2. The standard InChI is InChI=1S/C26H24FN3O4S/c1-17-6-11-21(35(32,33)29-20-9-7-19(27)8-10-20)16-22(17)26(31)30-14-12-18(13-15-30)25-28-23-4-2-3-5-24(23)34-25/h2-11,16,18,29H,12-15H2,1H3. The number of amides is 1. The number of carbonyl (C=O) groups is 1. The van der Waals surface area contributed by atoms with E-state index in [-0.39, 0.29) is 22.4 Å². The Kier molecular flexibility index (Phi) is 6.02. The molecule has 1 fully saturated rings. The van der Waals surface area contributed by atoms with E-state index in [0.29, 0.717) is 42.9 Å². The first-order valence-corrected chi connectivity index (χ1v) is 12.8. The number of sulfonamides is 1. The Bertz CT molecular complexity index is 1460. The largest absolute Gasteiger partial charge is 0.440 e. The number of carbonyl (C=O) groups excluding carboxylic acids is 1. The van der Waals surface area contributed by atoms with Gasteiger partial charge in [-0.15, -0.1) is 0 Å². The lowest BCUT2D eigenvalue weighted by Crippen LogP contribution is -2.38. The van der Waals surface area contributed by atoms with E-state index in [1.807, 2.05) is 24.3 Å². The van der Waals surface area contributed by atoms with E-state index in [1.165, 1.54) is 36.4 Å². The molecule has 4 aromatic rings. The monoisotopic (exact) mass is 493 g/mol. The topological polar surface area (TPSA) is 92.5 Å². The second-order valence-electron chi connectivity index (χ2n) is 8.68. The summed E-state index contributed by atoms with van der Waals surface area (Å²) in [6.07, 6.45) is 1.42. The molecule has 1 aromatic heterocycles. The van der Waals surface area contributed by atoms with Gasteiger partial charge in [-0.3, -0.25) is 9.52 Å². The van der Waals surface area contributed by atoms with Crippen LogP contribution in [0.25, 0.3) is 11.1 Å². The van der Waals surface area contributed by atoms with Crippen LogP contribution in [-0.2, 0) is 10.0 Å². The SMILES string of the molecule is Cc1ccc(S(=O)(=O)Nc2ccc(F)cc2)cc1C(=O)N1CCC(c2nc3ccccc3o2)CC1. The van der Waals surface area contributed by atoms with Crippen LogP contribution in [0.4, 0.5) is 10.1 Å². The van der Waals surface area contributed by atoms with Gasteiger partial charge in [0.2, 0.25) is 0 Å². The van der Waals surface area contributed by atoms with Crippen LogP contribution in [-0.4, -0.2) is 37.3 Å². The Morgan fingerprint density at radius 3 is 2.49 bits per heavy atom. The molecule has 9 heteroatoms. The molecule has 5 rings (SSSR count). The molecule has 0 radical (unpaired) electrons. The van der Waals surface area contributed by atoms with Crippen molar-refractivity contribution < 1.29 is 22.0 Å². The highest BCUT2D eigenvalue weighted by molar-refractivity contribution is 7.92. The van der Waals surface area contributed by atoms with Crippen molar-refractivity contribution in [1.82, 2.24) is 9.88 Å². The summed E-state index contributed by atoms with van der Waals surface area (Å²) in [6, 6.07) is 17.1. The van der Waals surface area contributed by atoms with Crippen molar-refractivity contribution >= 4 is 32.7 Å². The van der Waals surface area contributed by atoms with Gasteiger partial charge in [0.15, 0.2) is 11.5 Å². The zero-order valence-electron chi connectivity index (χ0n) is 19.1. The molecule has 0 unspecified atom stereocenters. The maximum Gasteiger partial charge on any atom is 0.261 e. The first-order valence-electron chi connectivity index (χ1n) is 11.3. The third-order valence-corrected chi connectivity index (χ3v) is 7.67. The van der Waals surface area contributed by atoms with Crippen molar-refractivity contribution in [3.8, 4) is 0 Å². The van der Waals surface area contributed by atoms with Gasteiger partial charge in [0, 0.05) is 30.3 Å². The van der Waals surface area contributed by atoms with Crippen molar-refractivity contribution in [2.24, 2.45) is 0 Å². The van der Waals surface area contributed by atoms with Gasteiger partial charge in [-0.25, -0.2) is 17.8 Å².